The first-order valence-electron chi connectivity index (χ1n) is 11.5. The van der Waals surface area contributed by atoms with Crippen LogP contribution in [0.25, 0.3) is 11.1 Å². The van der Waals surface area contributed by atoms with E-state index in [1.807, 2.05) is 26.2 Å². The Bertz CT molecular complexity index is 1030. The Morgan fingerprint density at radius 3 is 2.19 bits per heavy atom. The van der Waals surface area contributed by atoms with Gasteiger partial charge in [-0.25, -0.2) is 0 Å². The molecule has 0 bridgehead atoms. The van der Waals surface area contributed by atoms with Crippen LogP contribution in [0.5, 0.6) is 0 Å². The maximum absolute atomic E-state index is 13.1. The van der Waals surface area contributed by atoms with Gasteiger partial charge in [-0.3, -0.25) is 4.79 Å². The molecule has 0 spiro atoms. The number of hydrogen-bond donors (Lipinski definition) is 0. The summed E-state index contributed by atoms with van der Waals surface area (Å²) >= 11 is 0. The minimum Gasteiger partial charge on any atom is -0.378 e. The average Bonchev–Trinajstić information content (AvgIpc) is 2.80. The monoisotopic (exact) mass is 411 g/mol. The molecule has 3 aromatic carbocycles. The number of anilines is 1. The van der Waals surface area contributed by atoms with Crippen LogP contribution >= 0.6 is 0 Å². The van der Waals surface area contributed by atoms with Crippen LogP contribution in [0.4, 0.5) is 5.69 Å². The molecule has 0 unspecified atom stereocenters. The van der Waals surface area contributed by atoms with Crippen LogP contribution in [0.3, 0.4) is 0 Å². The van der Waals surface area contributed by atoms with Crippen molar-refractivity contribution in [3.8, 4) is 11.1 Å². The summed E-state index contributed by atoms with van der Waals surface area (Å²) < 4.78 is 0. The van der Waals surface area contributed by atoms with Gasteiger partial charge in [0.15, 0.2) is 5.78 Å². The molecule has 0 radical (unpaired) electrons. The molecule has 0 N–H and O–H groups in total. The van der Waals surface area contributed by atoms with E-state index in [2.05, 4.69) is 66.4 Å². The Balaban J connectivity index is 1.50. The molecule has 31 heavy (non-hydrogen) atoms. The summed E-state index contributed by atoms with van der Waals surface area (Å²) in [6, 6.07) is 23.4. The number of rotatable bonds is 6. The van der Waals surface area contributed by atoms with Gasteiger partial charge in [0, 0.05) is 31.8 Å². The molecule has 2 heteroatoms. The van der Waals surface area contributed by atoms with Gasteiger partial charge in [-0.2, -0.15) is 0 Å². The normalized spacial score (nSPS) is 14.4. The largest absolute Gasteiger partial charge is 0.378 e. The molecular weight excluding hydrogens is 378 g/mol. The second-order valence-electron chi connectivity index (χ2n) is 9.10. The fraction of sp³-hybridized carbons (Fsp3) is 0.345. The summed E-state index contributed by atoms with van der Waals surface area (Å²) in [5.41, 5.74) is 7.87. The zero-order chi connectivity index (χ0) is 21.8. The molecule has 160 valence electrons. The van der Waals surface area contributed by atoms with Gasteiger partial charge in [0.05, 0.1) is 0 Å². The Kier molecular flexibility index (Phi) is 6.56. The van der Waals surface area contributed by atoms with Crippen LogP contribution in [0.2, 0.25) is 0 Å². The molecule has 1 aliphatic carbocycles. The molecule has 0 heterocycles. The molecule has 2 nitrogen and oxygen atoms in total. The lowest BCUT2D eigenvalue weighted by Gasteiger charge is -2.22. The molecule has 0 amide bonds. The quantitative estimate of drug-likeness (QED) is 0.400. The first-order chi connectivity index (χ1) is 15.0. The first kappa shape index (κ1) is 21.4. The molecule has 1 aliphatic rings. The van der Waals surface area contributed by atoms with Crippen LogP contribution in [0.15, 0.2) is 66.7 Å². The van der Waals surface area contributed by atoms with E-state index in [-0.39, 0.29) is 5.78 Å². The highest BCUT2D eigenvalue weighted by Gasteiger charge is 2.17. The van der Waals surface area contributed by atoms with Crippen molar-refractivity contribution in [3.63, 3.8) is 0 Å². The predicted octanol–water partition coefficient (Wildman–Crippen LogP) is 7.20. The highest BCUT2D eigenvalue weighted by Crippen LogP contribution is 2.33. The zero-order valence-electron chi connectivity index (χ0n) is 19.0. The second-order valence-corrected chi connectivity index (χ2v) is 9.10. The minimum absolute atomic E-state index is 0.190. The van der Waals surface area contributed by atoms with Gasteiger partial charge in [-0.15, -0.1) is 0 Å². The van der Waals surface area contributed by atoms with Crippen molar-refractivity contribution in [3.05, 3.63) is 89.0 Å². The third kappa shape index (κ3) is 4.90. The van der Waals surface area contributed by atoms with Crippen molar-refractivity contribution in [1.82, 2.24) is 0 Å². The third-order valence-corrected chi connectivity index (χ3v) is 6.75. The van der Waals surface area contributed by atoms with Crippen molar-refractivity contribution in [2.45, 2.75) is 51.4 Å². The van der Waals surface area contributed by atoms with Crippen molar-refractivity contribution in [2.75, 3.05) is 19.0 Å². The zero-order valence-corrected chi connectivity index (χ0v) is 19.0. The van der Waals surface area contributed by atoms with Gasteiger partial charge >= 0.3 is 0 Å². The topological polar surface area (TPSA) is 20.3 Å². The number of carbonyl (C=O) groups excluding carboxylic acids is 1. The van der Waals surface area contributed by atoms with Crippen LogP contribution in [0.1, 0.15) is 65.1 Å². The van der Waals surface area contributed by atoms with Crippen molar-refractivity contribution >= 4 is 11.5 Å². The van der Waals surface area contributed by atoms with Gasteiger partial charge < -0.3 is 4.90 Å². The molecule has 4 rings (SSSR count). The number of nitrogens with zero attached hydrogens (tertiary/aromatic N) is 1. The van der Waals surface area contributed by atoms with Gasteiger partial charge in [-0.1, -0.05) is 73.9 Å². The minimum atomic E-state index is 0.190. The van der Waals surface area contributed by atoms with Gasteiger partial charge in [0.25, 0.3) is 0 Å². The number of carbonyl (C=O) groups is 1. The molecule has 0 saturated heterocycles. The lowest BCUT2D eigenvalue weighted by molar-refractivity contribution is 0.0992. The van der Waals surface area contributed by atoms with E-state index in [0.29, 0.717) is 12.3 Å². The second kappa shape index (κ2) is 9.51. The number of ketones is 1. The fourth-order valence-corrected chi connectivity index (χ4v) is 4.81. The van der Waals surface area contributed by atoms with E-state index in [1.54, 1.807) is 0 Å². The van der Waals surface area contributed by atoms with Crippen LogP contribution in [0, 0.1) is 6.92 Å². The van der Waals surface area contributed by atoms with Crippen LogP contribution < -0.4 is 4.90 Å². The molecule has 3 aromatic rings. The fourth-order valence-electron chi connectivity index (χ4n) is 4.81. The smallest absolute Gasteiger partial charge is 0.167 e. The van der Waals surface area contributed by atoms with Crippen molar-refractivity contribution < 1.29 is 4.79 Å². The maximum Gasteiger partial charge on any atom is 0.167 e. The number of hydrogen-bond acceptors (Lipinski definition) is 2. The Morgan fingerprint density at radius 2 is 1.55 bits per heavy atom. The summed E-state index contributed by atoms with van der Waals surface area (Å²) in [4.78, 5) is 15.2. The molecule has 1 fully saturated rings. The van der Waals surface area contributed by atoms with E-state index in [1.165, 1.54) is 43.4 Å². The highest BCUT2D eigenvalue weighted by molar-refractivity contribution is 6.00. The lowest BCUT2D eigenvalue weighted by Crippen LogP contribution is -2.08. The number of benzene rings is 3. The maximum atomic E-state index is 13.1. The molecular formula is C29H33NO. The van der Waals surface area contributed by atoms with Crippen molar-refractivity contribution in [2.24, 2.45) is 0 Å². The summed E-state index contributed by atoms with van der Waals surface area (Å²) in [6.45, 7) is 2.06. The predicted molar refractivity (Wildman–Crippen MR) is 131 cm³/mol. The highest BCUT2D eigenvalue weighted by atomic mass is 16.1. The van der Waals surface area contributed by atoms with Crippen LogP contribution in [-0.2, 0) is 6.42 Å². The standard InChI is InChI=1S/C29H33NO/c1-21-27(25-16-18-26(19-17-25)30(2)3)10-7-11-28(21)29(31)20-22-12-14-24(15-13-22)23-8-5-4-6-9-23/h7,10-19,23H,4-6,8-9,20H2,1-3H3. The van der Waals surface area contributed by atoms with E-state index in [4.69, 9.17) is 0 Å². The average molecular weight is 412 g/mol. The van der Waals surface area contributed by atoms with Gasteiger partial charge in [0.2, 0.25) is 0 Å². The van der Waals surface area contributed by atoms with E-state index in [0.717, 1.165) is 27.8 Å². The Labute approximate surface area is 186 Å². The first-order valence-corrected chi connectivity index (χ1v) is 11.5. The van der Waals surface area contributed by atoms with Gasteiger partial charge in [0.1, 0.15) is 0 Å². The molecule has 0 atom stereocenters. The van der Waals surface area contributed by atoms with E-state index >= 15 is 0 Å². The number of Topliss-reactive ketones (excluding diaryl/α,β-unsaturated/α-hetero) is 1. The SMILES string of the molecule is Cc1c(C(=O)Cc2ccc(C3CCCCC3)cc2)cccc1-c1ccc(N(C)C)cc1. The van der Waals surface area contributed by atoms with Crippen molar-refractivity contribution in [1.29, 1.82) is 0 Å². The third-order valence-electron chi connectivity index (χ3n) is 6.75. The van der Waals surface area contributed by atoms with Gasteiger partial charge in [-0.05, 0) is 65.6 Å². The summed E-state index contributed by atoms with van der Waals surface area (Å²) in [5, 5.41) is 0. The van der Waals surface area contributed by atoms with Crippen LogP contribution in [-0.4, -0.2) is 19.9 Å². The summed E-state index contributed by atoms with van der Waals surface area (Å²) in [7, 11) is 4.09. The Morgan fingerprint density at radius 1 is 0.871 bits per heavy atom. The Hall–Kier alpha value is -2.87. The summed E-state index contributed by atoms with van der Waals surface area (Å²) in [6.07, 6.45) is 7.13. The van der Waals surface area contributed by atoms with E-state index in [9.17, 15) is 4.79 Å². The molecule has 1 saturated carbocycles. The molecule has 0 aliphatic heterocycles. The molecule has 0 aromatic heterocycles. The summed E-state index contributed by atoms with van der Waals surface area (Å²) in [5.74, 6) is 0.894. The van der Waals surface area contributed by atoms with E-state index < -0.39 is 0 Å². The lowest BCUT2D eigenvalue weighted by atomic mass is 9.83.